The third-order valence-electron chi connectivity index (χ3n) is 3.08. The van der Waals surface area contributed by atoms with Crippen LogP contribution in [-0.4, -0.2) is 34.8 Å². The molecule has 2 atom stereocenters. The molecule has 0 bridgehead atoms. The van der Waals surface area contributed by atoms with Crippen molar-refractivity contribution in [3.8, 4) is 11.5 Å². The van der Waals surface area contributed by atoms with E-state index < -0.39 is 12.0 Å². The number of aliphatic hydroxyl groups excluding tert-OH is 2. The van der Waals surface area contributed by atoms with Crippen LogP contribution in [-0.2, 0) is 0 Å². The average molecular weight is 238 g/mol. The maximum Gasteiger partial charge on any atom is 0.167 e. The number of phenolic OH excluding ortho intramolecular Hbond substituents is 1. The van der Waals surface area contributed by atoms with Crippen LogP contribution in [0.5, 0.6) is 11.5 Å². The number of carbonyl (C=O) groups excluding carboxylic acids is 1. The summed E-state index contributed by atoms with van der Waals surface area (Å²) in [5, 5.41) is 28.8. The number of rotatable bonds is 2. The first kappa shape index (κ1) is 11.9. The molecule has 17 heavy (non-hydrogen) atoms. The number of methoxy groups -OCH3 is 1. The van der Waals surface area contributed by atoms with E-state index in [2.05, 4.69) is 0 Å². The molecule has 1 aliphatic carbocycles. The van der Waals surface area contributed by atoms with Crippen LogP contribution < -0.4 is 4.74 Å². The Morgan fingerprint density at radius 2 is 2.18 bits per heavy atom. The maximum atomic E-state index is 11.8. The first-order chi connectivity index (χ1) is 8.08. The van der Waals surface area contributed by atoms with Crippen molar-refractivity contribution < 1.29 is 24.9 Å². The van der Waals surface area contributed by atoms with E-state index in [-0.39, 0.29) is 30.1 Å². The van der Waals surface area contributed by atoms with Gasteiger partial charge in [0.05, 0.1) is 18.8 Å². The lowest BCUT2D eigenvalue weighted by molar-refractivity contribution is 0.0471. The Balaban J connectivity index is 2.57. The zero-order valence-electron chi connectivity index (χ0n) is 9.38. The van der Waals surface area contributed by atoms with E-state index >= 15 is 0 Å². The van der Waals surface area contributed by atoms with E-state index in [0.29, 0.717) is 11.3 Å². The molecular weight excluding hydrogens is 224 g/mol. The molecule has 0 amide bonds. The highest BCUT2D eigenvalue weighted by Crippen LogP contribution is 2.40. The number of ether oxygens (including phenoxy) is 1. The van der Waals surface area contributed by atoms with Crippen molar-refractivity contribution in [1.29, 1.82) is 0 Å². The third kappa shape index (κ3) is 1.87. The molecule has 0 radical (unpaired) electrons. The van der Waals surface area contributed by atoms with Gasteiger partial charge in [0.2, 0.25) is 0 Å². The lowest BCUT2D eigenvalue weighted by Gasteiger charge is -2.28. The summed E-state index contributed by atoms with van der Waals surface area (Å²) in [6.45, 7) is -0.273. The lowest BCUT2D eigenvalue weighted by atomic mass is 9.80. The minimum absolute atomic E-state index is 0.0323. The van der Waals surface area contributed by atoms with Crippen molar-refractivity contribution in [1.82, 2.24) is 0 Å². The Kier molecular flexibility index (Phi) is 3.04. The van der Waals surface area contributed by atoms with E-state index in [0.717, 1.165) is 0 Å². The summed E-state index contributed by atoms with van der Waals surface area (Å²) in [6, 6.07) is 2.85. The van der Waals surface area contributed by atoms with Crippen molar-refractivity contribution >= 4 is 5.78 Å². The quantitative estimate of drug-likeness (QED) is 0.703. The minimum Gasteiger partial charge on any atom is -0.507 e. The highest BCUT2D eigenvalue weighted by atomic mass is 16.5. The number of aromatic hydroxyl groups is 1. The molecule has 0 unspecified atom stereocenters. The van der Waals surface area contributed by atoms with Gasteiger partial charge in [0, 0.05) is 25.0 Å². The van der Waals surface area contributed by atoms with Gasteiger partial charge in [0.1, 0.15) is 11.5 Å². The van der Waals surface area contributed by atoms with Gasteiger partial charge in [0.25, 0.3) is 0 Å². The number of carbonyl (C=O) groups is 1. The summed E-state index contributed by atoms with van der Waals surface area (Å²) in [4.78, 5) is 11.8. The monoisotopic (exact) mass is 238 g/mol. The first-order valence-electron chi connectivity index (χ1n) is 5.31. The normalized spacial score (nSPS) is 23.4. The standard InChI is InChI=1S/C12H14O5/c1-17-7-3-8-11(10(15)4-7)9(14)2-6(5-13)12(8)16/h3-4,6,12-13,15-16H,2,5H2,1H3/t6-,12-/m0/s1. The zero-order chi connectivity index (χ0) is 12.6. The Morgan fingerprint density at radius 3 is 2.76 bits per heavy atom. The van der Waals surface area contributed by atoms with Gasteiger partial charge in [-0.25, -0.2) is 0 Å². The summed E-state index contributed by atoms with van der Waals surface area (Å²) in [7, 11) is 1.43. The van der Waals surface area contributed by atoms with E-state index in [1.807, 2.05) is 0 Å². The number of ketones is 1. The Labute approximate surface area is 98.3 Å². The summed E-state index contributed by atoms with van der Waals surface area (Å²) < 4.78 is 4.97. The third-order valence-corrected chi connectivity index (χ3v) is 3.08. The number of fused-ring (bicyclic) bond motifs is 1. The maximum absolute atomic E-state index is 11.8. The van der Waals surface area contributed by atoms with Crippen molar-refractivity contribution in [3.63, 3.8) is 0 Å². The van der Waals surface area contributed by atoms with Gasteiger partial charge >= 0.3 is 0 Å². The fourth-order valence-electron chi connectivity index (χ4n) is 2.15. The molecule has 0 saturated carbocycles. The van der Waals surface area contributed by atoms with Crippen LogP contribution in [0.1, 0.15) is 28.4 Å². The number of aliphatic hydroxyl groups is 2. The summed E-state index contributed by atoms with van der Waals surface area (Å²) in [6.07, 6.45) is -0.932. The SMILES string of the molecule is COc1cc(O)c2c(c1)[C@@H](O)[C@H](CO)CC2=O. The second kappa shape index (κ2) is 4.35. The predicted molar refractivity (Wildman–Crippen MR) is 59.1 cm³/mol. The van der Waals surface area contributed by atoms with Crippen LogP contribution in [0.4, 0.5) is 0 Å². The Bertz CT molecular complexity index is 454. The van der Waals surface area contributed by atoms with E-state index in [1.165, 1.54) is 19.2 Å². The average Bonchev–Trinajstić information content (AvgIpc) is 2.32. The molecule has 5 heteroatoms. The molecule has 1 aromatic carbocycles. The number of hydrogen-bond donors (Lipinski definition) is 3. The highest BCUT2D eigenvalue weighted by molar-refractivity contribution is 6.01. The number of hydrogen-bond acceptors (Lipinski definition) is 5. The largest absolute Gasteiger partial charge is 0.507 e. The number of benzene rings is 1. The molecule has 0 spiro atoms. The van der Waals surface area contributed by atoms with Crippen molar-refractivity contribution in [3.05, 3.63) is 23.3 Å². The van der Waals surface area contributed by atoms with Crippen molar-refractivity contribution in [2.75, 3.05) is 13.7 Å². The second-order valence-corrected chi connectivity index (χ2v) is 4.13. The zero-order valence-corrected chi connectivity index (χ0v) is 9.38. The van der Waals surface area contributed by atoms with Gasteiger partial charge in [-0.05, 0) is 11.6 Å². The summed E-state index contributed by atoms with van der Waals surface area (Å²) in [5.74, 6) is -0.627. The lowest BCUT2D eigenvalue weighted by Crippen LogP contribution is -2.27. The topological polar surface area (TPSA) is 87.0 Å². The Morgan fingerprint density at radius 1 is 1.47 bits per heavy atom. The van der Waals surface area contributed by atoms with E-state index in [4.69, 9.17) is 9.84 Å². The molecular formula is C12H14O5. The molecule has 1 aliphatic rings. The molecule has 2 rings (SSSR count). The summed E-state index contributed by atoms with van der Waals surface area (Å²) >= 11 is 0. The van der Waals surface area contributed by atoms with Crippen LogP contribution in [0.3, 0.4) is 0 Å². The van der Waals surface area contributed by atoms with Gasteiger partial charge in [-0.3, -0.25) is 4.79 Å². The van der Waals surface area contributed by atoms with E-state index in [9.17, 15) is 15.0 Å². The Hall–Kier alpha value is -1.59. The molecule has 3 N–H and O–H groups in total. The molecule has 0 fully saturated rings. The van der Waals surface area contributed by atoms with Crippen molar-refractivity contribution in [2.24, 2.45) is 5.92 Å². The van der Waals surface area contributed by atoms with Gasteiger partial charge in [0.15, 0.2) is 5.78 Å². The molecule has 0 aliphatic heterocycles. The van der Waals surface area contributed by atoms with Gasteiger partial charge in [-0.1, -0.05) is 0 Å². The predicted octanol–water partition coefficient (Wildman–Crippen LogP) is 0.629. The van der Waals surface area contributed by atoms with Gasteiger partial charge in [-0.15, -0.1) is 0 Å². The smallest absolute Gasteiger partial charge is 0.167 e. The van der Waals surface area contributed by atoms with Crippen LogP contribution in [0, 0.1) is 5.92 Å². The van der Waals surface area contributed by atoms with Gasteiger partial charge < -0.3 is 20.1 Å². The number of phenols is 1. The second-order valence-electron chi connectivity index (χ2n) is 4.13. The van der Waals surface area contributed by atoms with Crippen LogP contribution in [0.25, 0.3) is 0 Å². The number of Topliss-reactive ketones (excluding diaryl/α,β-unsaturated/α-hetero) is 1. The molecule has 1 aromatic rings. The molecule has 0 heterocycles. The molecule has 5 nitrogen and oxygen atoms in total. The summed E-state index contributed by atoms with van der Waals surface area (Å²) in [5.41, 5.74) is 0.445. The van der Waals surface area contributed by atoms with Crippen LogP contribution in [0.2, 0.25) is 0 Å². The molecule has 0 saturated heterocycles. The van der Waals surface area contributed by atoms with Gasteiger partial charge in [-0.2, -0.15) is 0 Å². The fraction of sp³-hybridized carbons (Fsp3) is 0.417. The highest BCUT2D eigenvalue weighted by Gasteiger charge is 2.34. The first-order valence-corrected chi connectivity index (χ1v) is 5.31. The minimum atomic E-state index is -0.964. The fourth-order valence-corrected chi connectivity index (χ4v) is 2.15. The van der Waals surface area contributed by atoms with Crippen molar-refractivity contribution in [2.45, 2.75) is 12.5 Å². The molecule has 92 valence electrons. The van der Waals surface area contributed by atoms with E-state index in [1.54, 1.807) is 0 Å². The molecule has 0 aromatic heterocycles. The van der Waals surface area contributed by atoms with Crippen LogP contribution in [0.15, 0.2) is 12.1 Å². The van der Waals surface area contributed by atoms with Crippen LogP contribution >= 0.6 is 0 Å².